The molecule has 2 heterocycles. The van der Waals surface area contributed by atoms with E-state index in [0.717, 1.165) is 16.6 Å². The van der Waals surface area contributed by atoms with Crippen molar-refractivity contribution in [3.8, 4) is 0 Å². The van der Waals surface area contributed by atoms with Gasteiger partial charge >= 0.3 is 0 Å². The zero-order valence-corrected chi connectivity index (χ0v) is 17.1. The molecule has 3 rings (SSSR count). The quantitative estimate of drug-likeness (QED) is 0.510. The number of aromatic amines is 1. The fourth-order valence-electron chi connectivity index (χ4n) is 3.50. The number of aromatic nitrogens is 3. The van der Waals surface area contributed by atoms with Crippen molar-refractivity contribution in [1.82, 2.24) is 25.4 Å². The second-order valence-corrected chi connectivity index (χ2v) is 7.08. The summed E-state index contributed by atoms with van der Waals surface area (Å²) in [6.45, 7) is 4.10. The highest BCUT2D eigenvalue weighted by atomic mass is 19.1. The number of aryl methyl sites for hydroxylation is 3. The minimum absolute atomic E-state index is 0.0420. The Bertz CT molecular complexity index is 1170. The molecule has 8 nitrogen and oxygen atoms in total. The molecule has 0 fully saturated rings. The molecule has 0 aliphatic rings. The first kappa shape index (κ1) is 21.2. The van der Waals surface area contributed by atoms with Crippen molar-refractivity contribution in [2.24, 2.45) is 7.05 Å². The highest BCUT2D eigenvalue weighted by Crippen LogP contribution is 2.21. The predicted molar refractivity (Wildman–Crippen MR) is 111 cm³/mol. The molecule has 0 aliphatic heterocycles. The SMILES string of the molecule is Cc1nn(C)c2[nH]c(=O)c(CCC(=O)NCCNC(=O)c3ccccc3F)c(C)c12. The highest BCUT2D eigenvalue weighted by Gasteiger charge is 2.16. The minimum Gasteiger partial charge on any atom is -0.354 e. The Hall–Kier alpha value is -3.49. The number of hydrogen-bond acceptors (Lipinski definition) is 4. The van der Waals surface area contributed by atoms with E-state index in [-0.39, 0.29) is 36.5 Å². The first-order valence-corrected chi connectivity index (χ1v) is 9.64. The van der Waals surface area contributed by atoms with E-state index in [1.807, 2.05) is 13.8 Å². The van der Waals surface area contributed by atoms with Crippen molar-refractivity contribution in [2.45, 2.75) is 26.7 Å². The van der Waals surface area contributed by atoms with Crippen LogP contribution in [0.4, 0.5) is 4.39 Å². The second kappa shape index (κ2) is 8.89. The fraction of sp³-hybridized carbons (Fsp3) is 0.333. The molecule has 158 valence electrons. The molecule has 1 aromatic carbocycles. The van der Waals surface area contributed by atoms with Gasteiger partial charge in [-0.25, -0.2) is 4.39 Å². The molecule has 0 saturated heterocycles. The molecule has 0 unspecified atom stereocenters. The van der Waals surface area contributed by atoms with Gasteiger partial charge in [0, 0.05) is 37.5 Å². The van der Waals surface area contributed by atoms with Gasteiger partial charge < -0.3 is 15.6 Å². The maximum absolute atomic E-state index is 13.6. The maximum atomic E-state index is 13.6. The first-order valence-electron chi connectivity index (χ1n) is 9.64. The zero-order chi connectivity index (χ0) is 21.8. The van der Waals surface area contributed by atoms with E-state index in [9.17, 15) is 18.8 Å². The Balaban J connectivity index is 1.52. The summed E-state index contributed by atoms with van der Waals surface area (Å²) in [5.74, 6) is -1.37. The fourth-order valence-corrected chi connectivity index (χ4v) is 3.50. The van der Waals surface area contributed by atoms with Crippen LogP contribution in [0.25, 0.3) is 11.0 Å². The number of amides is 2. The summed E-state index contributed by atoms with van der Waals surface area (Å²) in [7, 11) is 1.77. The number of hydrogen-bond donors (Lipinski definition) is 3. The van der Waals surface area contributed by atoms with Crippen molar-refractivity contribution in [3.05, 3.63) is 62.8 Å². The van der Waals surface area contributed by atoms with Gasteiger partial charge in [0.15, 0.2) is 0 Å². The third-order valence-corrected chi connectivity index (χ3v) is 5.01. The highest BCUT2D eigenvalue weighted by molar-refractivity contribution is 5.94. The molecule has 0 aliphatic carbocycles. The van der Waals surface area contributed by atoms with Crippen LogP contribution in [0.3, 0.4) is 0 Å². The molecule has 0 radical (unpaired) electrons. The van der Waals surface area contributed by atoms with Crippen LogP contribution in [-0.2, 0) is 18.3 Å². The Morgan fingerprint density at radius 3 is 2.60 bits per heavy atom. The third-order valence-electron chi connectivity index (χ3n) is 5.01. The smallest absolute Gasteiger partial charge is 0.254 e. The number of nitrogens with zero attached hydrogens (tertiary/aromatic N) is 2. The Morgan fingerprint density at radius 1 is 1.17 bits per heavy atom. The van der Waals surface area contributed by atoms with Crippen LogP contribution in [0, 0.1) is 19.7 Å². The number of fused-ring (bicyclic) bond motifs is 1. The molecule has 0 spiro atoms. The average molecular weight is 413 g/mol. The topological polar surface area (TPSA) is 109 Å². The maximum Gasteiger partial charge on any atom is 0.254 e. The van der Waals surface area contributed by atoms with E-state index in [1.165, 1.54) is 18.2 Å². The Labute approximate surface area is 172 Å². The molecule has 2 aromatic heterocycles. The van der Waals surface area contributed by atoms with Gasteiger partial charge in [0.2, 0.25) is 5.91 Å². The second-order valence-electron chi connectivity index (χ2n) is 7.08. The van der Waals surface area contributed by atoms with Crippen LogP contribution in [0.1, 0.15) is 33.6 Å². The molecule has 9 heteroatoms. The molecule has 0 saturated carbocycles. The lowest BCUT2D eigenvalue weighted by Crippen LogP contribution is -2.35. The van der Waals surface area contributed by atoms with Crippen LogP contribution >= 0.6 is 0 Å². The number of carbonyl (C=O) groups excluding carboxylic acids is 2. The number of rotatable bonds is 7. The third kappa shape index (κ3) is 4.40. The molecule has 2 amide bonds. The number of benzene rings is 1. The van der Waals surface area contributed by atoms with Gasteiger partial charge in [-0.15, -0.1) is 0 Å². The molecule has 0 atom stereocenters. The first-order chi connectivity index (χ1) is 14.3. The summed E-state index contributed by atoms with van der Waals surface area (Å²) in [5.41, 5.74) is 2.59. The van der Waals surface area contributed by atoms with E-state index in [0.29, 0.717) is 17.6 Å². The van der Waals surface area contributed by atoms with Gasteiger partial charge in [-0.05, 0) is 38.0 Å². The van der Waals surface area contributed by atoms with Gasteiger partial charge in [0.1, 0.15) is 11.5 Å². The van der Waals surface area contributed by atoms with Crippen LogP contribution < -0.4 is 16.2 Å². The van der Waals surface area contributed by atoms with Crippen molar-refractivity contribution in [2.75, 3.05) is 13.1 Å². The molecular weight excluding hydrogens is 389 g/mol. The number of pyridine rings is 1. The number of H-pyrrole nitrogens is 1. The van der Waals surface area contributed by atoms with Crippen molar-refractivity contribution in [1.29, 1.82) is 0 Å². The van der Waals surface area contributed by atoms with Crippen LogP contribution in [0.15, 0.2) is 29.1 Å². The predicted octanol–water partition coefficient (Wildman–Crippen LogP) is 1.50. The van der Waals surface area contributed by atoms with Crippen LogP contribution in [0.5, 0.6) is 0 Å². The molecular formula is C21H24FN5O3. The van der Waals surface area contributed by atoms with Gasteiger partial charge in [-0.2, -0.15) is 5.10 Å². The molecule has 30 heavy (non-hydrogen) atoms. The van der Waals surface area contributed by atoms with Gasteiger partial charge in [-0.3, -0.25) is 19.1 Å². The van der Waals surface area contributed by atoms with E-state index in [1.54, 1.807) is 17.8 Å². The van der Waals surface area contributed by atoms with E-state index in [2.05, 4.69) is 20.7 Å². The van der Waals surface area contributed by atoms with E-state index >= 15 is 0 Å². The lowest BCUT2D eigenvalue weighted by atomic mass is 10.0. The molecule has 3 aromatic rings. The van der Waals surface area contributed by atoms with Crippen LogP contribution in [0.2, 0.25) is 0 Å². The van der Waals surface area contributed by atoms with Gasteiger partial charge in [0.25, 0.3) is 11.5 Å². The summed E-state index contributed by atoms with van der Waals surface area (Å²) < 4.78 is 15.2. The zero-order valence-electron chi connectivity index (χ0n) is 17.1. The summed E-state index contributed by atoms with van der Waals surface area (Å²) in [6, 6.07) is 5.69. The lowest BCUT2D eigenvalue weighted by Gasteiger charge is -2.09. The number of halogens is 1. The van der Waals surface area contributed by atoms with Crippen LogP contribution in [-0.4, -0.2) is 39.7 Å². The van der Waals surface area contributed by atoms with Gasteiger partial charge in [-0.1, -0.05) is 12.1 Å². The van der Waals surface area contributed by atoms with Crippen molar-refractivity contribution in [3.63, 3.8) is 0 Å². The lowest BCUT2D eigenvalue weighted by molar-refractivity contribution is -0.121. The van der Waals surface area contributed by atoms with Crippen molar-refractivity contribution >= 4 is 22.8 Å². The van der Waals surface area contributed by atoms with Gasteiger partial charge in [0.05, 0.1) is 11.3 Å². The van der Waals surface area contributed by atoms with E-state index < -0.39 is 11.7 Å². The number of carbonyl (C=O) groups is 2. The summed E-state index contributed by atoms with van der Waals surface area (Å²) in [4.78, 5) is 39.3. The summed E-state index contributed by atoms with van der Waals surface area (Å²) in [5, 5.41) is 10.5. The van der Waals surface area contributed by atoms with E-state index in [4.69, 9.17) is 0 Å². The van der Waals surface area contributed by atoms with Crippen molar-refractivity contribution < 1.29 is 14.0 Å². The monoisotopic (exact) mass is 413 g/mol. The standard InChI is InChI=1S/C21H24FN5O3/c1-12-14(21(30)25-19-18(12)13(2)26-27(19)3)8-9-17(28)23-10-11-24-20(29)15-6-4-5-7-16(15)22/h4-7H,8-11H2,1-3H3,(H,23,28)(H,24,29)(H,25,30). The molecule has 3 N–H and O–H groups in total. The Kier molecular flexibility index (Phi) is 6.29. The normalized spacial score (nSPS) is 10.9. The Morgan fingerprint density at radius 2 is 1.87 bits per heavy atom. The minimum atomic E-state index is -0.597. The summed E-state index contributed by atoms with van der Waals surface area (Å²) in [6.07, 6.45) is 0.425. The average Bonchev–Trinajstić information content (AvgIpc) is 2.98. The largest absolute Gasteiger partial charge is 0.354 e. The summed E-state index contributed by atoms with van der Waals surface area (Å²) >= 11 is 0. The molecule has 0 bridgehead atoms. The number of nitrogens with one attached hydrogen (secondary N) is 3.